The summed E-state index contributed by atoms with van der Waals surface area (Å²) < 4.78 is 26.7. The molecule has 1 saturated heterocycles. The minimum absolute atomic E-state index is 0.104. The zero-order valence-corrected chi connectivity index (χ0v) is 9.61. The lowest BCUT2D eigenvalue weighted by Crippen LogP contribution is -2.29. The van der Waals surface area contributed by atoms with Gasteiger partial charge >= 0.3 is 0 Å². The van der Waals surface area contributed by atoms with Crippen molar-refractivity contribution in [3.63, 3.8) is 0 Å². The molecule has 0 saturated carbocycles. The fourth-order valence-corrected chi connectivity index (χ4v) is 2.17. The van der Waals surface area contributed by atoms with Crippen LogP contribution < -0.4 is 5.32 Å². The van der Waals surface area contributed by atoms with Gasteiger partial charge in [-0.3, -0.25) is 0 Å². The molecule has 0 aromatic heterocycles. The molecule has 0 bridgehead atoms. The summed E-state index contributed by atoms with van der Waals surface area (Å²) in [6.07, 6.45) is 5.34. The lowest BCUT2D eigenvalue weighted by Gasteiger charge is -2.22. The Balaban J connectivity index is 2.91. The predicted molar refractivity (Wildman–Crippen MR) is 59.2 cm³/mol. The Labute approximate surface area is 90.2 Å². The summed E-state index contributed by atoms with van der Waals surface area (Å²) in [7, 11) is 0. The van der Waals surface area contributed by atoms with Gasteiger partial charge in [-0.15, -0.1) is 0 Å². The second kappa shape index (κ2) is 4.88. The van der Waals surface area contributed by atoms with Crippen LogP contribution in [0.15, 0.2) is 23.3 Å². The maximum atomic E-state index is 13.3. The molecule has 0 spiro atoms. The van der Waals surface area contributed by atoms with Gasteiger partial charge in [0.15, 0.2) is 0 Å². The average Bonchev–Trinajstić information content (AvgIpc) is 2.64. The molecule has 0 aliphatic carbocycles. The molecule has 86 valence electrons. The summed E-state index contributed by atoms with van der Waals surface area (Å²) in [6.45, 7) is 5.38. The largest absolute Gasteiger partial charge is 0.310 e. The first kappa shape index (κ1) is 12.4. The van der Waals surface area contributed by atoms with Crippen molar-refractivity contribution < 1.29 is 8.78 Å². The van der Waals surface area contributed by atoms with Crippen molar-refractivity contribution in [3.05, 3.63) is 23.3 Å². The number of hydrogen-bond acceptors (Lipinski definition) is 1. The van der Waals surface area contributed by atoms with Gasteiger partial charge in [0, 0.05) is 18.5 Å². The van der Waals surface area contributed by atoms with Crippen molar-refractivity contribution in [2.45, 2.75) is 45.6 Å². The van der Waals surface area contributed by atoms with Gasteiger partial charge in [0.1, 0.15) is 0 Å². The van der Waals surface area contributed by atoms with Crippen molar-refractivity contribution in [1.29, 1.82) is 0 Å². The molecule has 1 aliphatic rings. The van der Waals surface area contributed by atoms with E-state index in [0.29, 0.717) is 0 Å². The topological polar surface area (TPSA) is 12.0 Å². The molecule has 1 atom stereocenters. The van der Waals surface area contributed by atoms with E-state index in [0.717, 1.165) is 31.9 Å². The zero-order valence-electron chi connectivity index (χ0n) is 9.61. The molecule has 1 aliphatic heterocycles. The number of hydrogen-bond donors (Lipinski definition) is 1. The van der Waals surface area contributed by atoms with Gasteiger partial charge in [-0.05, 0) is 38.8 Å². The van der Waals surface area contributed by atoms with Crippen molar-refractivity contribution in [3.8, 4) is 0 Å². The molecule has 0 aromatic rings. The minimum Gasteiger partial charge on any atom is -0.310 e. The third-order valence-electron chi connectivity index (χ3n) is 2.82. The van der Waals surface area contributed by atoms with Crippen LogP contribution >= 0.6 is 0 Å². The molecular weight excluding hydrogens is 196 g/mol. The highest BCUT2D eigenvalue weighted by Crippen LogP contribution is 2.32. The van der Waals surface area contributed by atoms with Crippen LogP contribution in [0.2, 0.25) is 0 Å². The van der Waals surface area contributed by atoms with Gasteiger partial charge < -0.3 is 5.32 Å². The van der Waals surface area contributed by atoms with Gasteiger partial charge in [0.2, 0.25) is 0 Å². The number of allylic oxidation sites excluding steroid dienone is 2. The van der Waals surface area contributed by atoms with Crippen molar-refractivity contribution in [2.24, 2.45) is 0 Å². The van der Waals surface area contributed by atoms with Gasteiger partial charge in [-0.1, -0.05) is 12.2 Å². The second-order valence-corrected chi connectivity index (χ2v) is 3.98. The first-order chi connectivity index (χ1) is 7.00. The van der Waals surface area contributed by atoms with Gasteiger partial charge in [-0.25, -0.2) is 8.78 Å². The third-order valence-corrected chi connectivity index (χ3v) is 2.82. The maximum Gasteiger partial charge on any atom is 0.270 e. The number of rotatable bonds is 3. The highest BCUT2D eigenvalue weighted by Gasteiger charge is 2.33. The van der Waals surface area contributed by atoms with Crippen LogP contribution in [0.3, 0.4) is 0 Å². The van der Waals surface area contributed by atoms with E-state index < -0.39 is 5.92 Å². The number of alkyl halides is 2. The van der Waals surface area contributed by atoms with Gasteiger partial charge in [-0.2, -0.15) is 0 Å². The van der Waals surface area contributed by atoms with Gasteiger partial charge in [0.05, 0.1) is 0 Å². The van der Waals surface area contributed by atoms with Crippen LogP contribution in [0, 0.1) is 0 Å². The Morgan fingerprint density at radius 3 is 2.33 bits per heavy atom. The molecule has 0 aromatic carbocycles. The van der Waals surface area contributed by atoms with E-state index >= 15 is 0 Å². The molecular formula is C12H19F2N. The summed E-state index contributed by atoms with van der Waals surface area (Å²) in [5.74, 6) is -2.75. The lowest BCUT2D eigenvalue weighted by molar-refractivity contribution is 0.0648. The van der Waals surface area contributed by atoms with Crippen LogP contribution in [0.4, 0.5) is 8.78 Å². The minimum atomic E-state index is -2.75. The molecule has 1 fully saturated rings. The predicted octanol–water partition coefficient (Wildman–Crippen LogP) is 3.29. The standard InChI is InChI=1S/C12H19F2N/c1-4-9(11-7-6-8-15-11)10(5-2)12(3,13)14/h4-5,11,15H,6-8H2,1-3H3/b9-4+,10-5+. The van der Waals surface area contributed by atoms with E-state index in [1.54, 1.807) is 13.0 Å². The van der Waals surface area contributed by atoms with E-state index in [1.165, 1.54) is 6.08 Å². The monoisotopic (exact) mass is 215 g/mol. The smallest absolute Gasteiger partial charge is 0.270 e. The number of halogens is 2. The Kier molecular flexibility index (Phi) is 4.03. The first-order valence-corrected chi connectivity index (χ1v) is 5.45. The molecule has 15 heavy (non-hydrogen) atoms. The van der Waals surface area contributed by atoms with Gasteiger partial charge in [0.25, 0.3) is 5.92 Å². The van der Waals surface area contributed by atoms with E-state index in [1.807, 2.05) is 6.92 Å². The summed E-state index contributed by atoms with van der Waals surface area (Å²) in [5, 5.41) is 3.25. The van der Waals surface area contributed by atoms with Crippen molar-refractivity contribution in [1.82, 2.24) is 5.32 Å². The maximum absolute atomic E-state index is 13.3. The molecule has 3 heteroatoms. The van der Waals surface area contributed by atoms with Crippen LogP contribution in [0.5, 0.6) is 0 Å². The summed E-state index contributed by atoms with van der Waals surface area (Å²) >= 11 is 0. The fourth-order valence-electron chi connectivity index (χ4n) is 2.17. The zero-order chi connectivity index (χ0) is 11.5. The van der Waals surface area contributed by atoms with E-state index in [9.17, 15) is 8.78 Å². The molecule has 0 amide bonds. The van der Waals surface area contributed by atoms with Crippen LogP contribution in [0.25, 0.3) is 0 Å². The summed E-state index contributed by atoms with van der Waals surface area (Å²) in [5.41, 5.74) is 0.909. The average molecular weight is 215 g/mol. The van der Waals surface area contributed by atoms with E-state index in [4.69, 9.17) is 0 Å². The summed E-state index contributed by atoms with van der Waals surface area (Å²) in [4.78, 5) is 0. The Morgan fingerprint density at radius 1 is 1.33 bits per heavy atom. The van der Waals surface area contributed by atoms with Crippen molar-refractivity contribution in [2.75, 3.05) is 6.54 Å². The molecule has 1 heterocycles. The Morgan fingerprint density at radius 2 is 2.00 bits per heavy atom. The van der Waals surface area contributed by atoms with Crippen LogP contribution in [0.1, 0.15) is 33.6 Å². The molecule has 1 rings (SSSR count). The van der Waals surface area contributed by atoms with Crippen LogP contribution in [-0.2, 0) is 0 Å². The second-order valence-electron chi connectivity index (χ2n) is 3.98. The van der Waals surface area contributed by atoms with Crippen LogP contribution in [-0.4, -0.2) is 18.5 Å². The van der Waals surface area contributed by atoms with E-state index in [-0.39, 0.29) is 11.6 Å². The quantitative estimate of drug-likeness (QED) is 0.712. The molecule has 1 unspecified atom stereocenters. The lowest BCUT2D eigenvalue weighted by atomic mass is 9.93. The third kappa shape index (κ3) is 2.88. The highest BCUT2D eigenvalue weighted by molar-refractivity contribution is 5.39. The summed E-state index contributed by atoms with van der Waals surface area (Å²) in [6, 6.07) is 0.104. The SMILES string of the molecule is C/C=C(\C(=C/C)C(C)(F)F)C1CCCN1. The van der Waals surface area contributed by atoms with E-state index in [2.05, 4.69) is 5.32 Å². The molecule has 0 radical (unpaired) electrons. The first-order valence-electron chi connectivity index (χ1n) is 5.45. The normalized spacial score (nSPS) is 24.7. The van der Waals surface area contributed by atoms with Crippen molar-refractivity contribution >= 4 is 0 Å². The number of nitrogens with one attached hydrogen (secondary N) is 1. The highest BCUT2D eigenvalue weighted by atomic mass is 19.3. The molecule has 1 N–H and O–H groups in total. The Hall–Kier alpha value is -0.700. The Bertz CT molecular complexity index is 268. The fraction of sp³-hybridized carbons (Fsp3) is 0.667. The molecule has 1 nitrogen and oxygen atoms in total.